The highest BCUT2D eigenvalue weighted by atomic mass is 79.9. The highest BCUT2D eigenvalue weighted by molar-refractivity contribution is 9.10. The molecule has 152 valence electrons. The summed E-state index contributed by atoms with van der Waals surface area (Å²) in [6.07, 6.45) is 0. The number of ether oxygens (including phenoxy) is 2. The molecule has 0 fully saturated rings. The zero-order valence-corrected chi connectivity index (χ0v) is 18.5. The van der Waals surface area contributed by atoms with E-state index in [4.69, 9.17) is 15.2 Å². The van der Waals surface area contributed by atoms with Crippen LogP contribution in [0.3, 0.4) is 0 Å². The van der Waals surface area contributed by atoms with Crippen molar-refractivity contribution in [2.75, 3.05) is 0 Å². The molecule has 6 nitrogen and oxygen atoms in total. The second-order valence-corrected chi connectivity index (χ2v) is 8.20. The van der Waals surface area contributed by atoms with E-state index in [0.717, 1.165) is 43.7 Å². The first kappa shape index (κ1) is 20.0. The fourth-order valence-electron chi connectivity index (χ4n) is 3.81. The number of rotatable bonds is 4. The Kier molecular flexibility index (Phi) is 5.27. The molecule has 7 heteroatoms. The van der Waals surface area contributed by atoms with Crippen molar-refractivity contribution in [2.24, 2.45) is 5.73 Å². The minimum absolute atomic E-state index is 0.0903. The summed E-state index contributed by atoms with van der Waals surface area (Å²) in [6.45, 7) is 6.42. The van der Waals surface area contributed by atoms with Crippen LogP contribution in [0.1, 0.15) is 39.4 Å². The number of H-pyrrole nitrogens is 1. The minimum Gasteiger partial charge on any atom is -0.488 e. The van der Waals surface area contributed by atoms with Crippen LogP contribution in [0.2, 0.25) is 0 Å². The lowest BCUT2D eigenvalue weighted by atomic mass is 9.81. The molecule has 0 amide bonds. The second kappa shape index (κ2) is 7.88. The van der Waals surface area contributed by atoms with Crippen molar-refractivity contribution in [1.82, 2.24) is 10.2 Å². The summed E-state index contributed by atoms with van der Waals surface area (Å²) in [6, 6.07) is 14.2. The summed E-state index contributed by atoms with van der Waals surface area (Å²) in [7, 11) is 0. The van der Waals surface area contributed by atoms with Crippen LogP contribution in [0.4, 0.5) is 0 Å². The average Bonchev–Trinajstić information content (AvgIpc) is 3.08. The standard InChI is InChI=1S/C23H21BrN4O2/c1-12-8-13(2)16(9-15(12)11-29-19-7-5-4-6-18(19)24)21-17(10-25)22(26)30-23-20(21)14(3)27-28-23/h4-9,21H,11,26H2,1-3H3,(H,27,28)/t21-/m1/s1. The molecule has 1 aliphatic rings. The smallest absolute Gasteiger partial charge is 0.244 e. The molecule has 2 heterocycles. The van der Waals surface area contributed by atoms with Gasteiger partial charge in [0.05, 0.1) is 10.4 Å². The number of aryl methyl sites for hydroxylation is 3. The third kappa shape index (κ3) is 3.44. The van der Waals surface area contributed by atoms with Gasteiger partial charge in [-0.2, -0.15) is 5.26 Å². The first-order valence-corrected chi connectivity index (χ1v) is 10.3. The number of halogens is 1. The van der Waals surface area contributed by atoms with Crippen LogP contribution >= 0.6 is 15.9 Å². The van der Waals surface area contributed by atoms with Crippen LogP contribution in [-0.2, 0) is 6.61 Å². The molecule has 0 unspecified atom stereocenters. The Morgan fingerprint density at radius 2 is 2.00 bits per heavy atom. The van der Waals surface area contributed by atoms with E-state index >= 15 is 0 Å². The van der Waals surface area contributed by atoms with Gasteiger partial charge in [0.15, 0.2) is 0 Å². The van der Waals surface area contributed by atoms with Gasteiger partial charge in [-0.05, 0) is 71.1 Å². The van der Waals surface area contributed by atoms with Crippen LogP contribution in [-0.4, -0.2) is 10.2 Å². The van der Waals surface area contributed by atoms with E-state index in [1.54, 1.807) is 0 Å². The van der Waals surface area contributed by atoms with Gasteiger partial charge in [-0.1, -0.05) is 24.3 Å². The molecule has 3 aromatic rings. The van der Waals surface area contributed by atoms with Crippen LogP contribution < -0.4 is 15.2 Å². The summed E-state index contributed by atoms with van der Waals surface area (Å²) in [5.41, 5.74) is 12.3. The Morgan fingerprint density at radius 3 is 2.73 bits per heavy atom. The molecule has 30 heavy (non-hydrogen) atoms. The van der Waals surface area contributed by atoms with Crippen LogP contribution in [0, 0.1) is 32.1 Å². The van der Waals surface area contributed by atoms with Crippen molar-refractivity contribution in [3.63, 3.8) is 0 Å². The monoisotopic (exact) mass is 464 g/mol. The second-order valence-electron chi connectivity index (χ2n) is 7.35. The summed E-state index contributed by atoms with van der Waals surface area (Å²) < 4.78 is 12.5. The first-order valence-electron chi connectivity index (χ1n) is 9.50. The molecule has 0 spiro atoms. The number of allylic oxidation sites excluding steroid dienone is 1. The first-order chi connectivity index (χ1) is 14.4. The number of benzene rings is 2. The lowest BCUT2D eigenvalue weighted by Crippen LogP contribution is -2.21. The fraction of sp³-hybridized carbons (Fsp3) is 0.217. The predicted octanol–water partition coefficient (Wildman–Crippen LogP) is 4.89. The zero-order chi connectivity index (χ0) is 21.4. The molecule has 0 bridgehead atoms. The van der Waals surface area contributed by atoms with Gasteiger partial charge >= 0.3 is 0 Å². The Balaban J connectivity index is 1.78. The molecular formula is C23H21BrN4O2. The van der Waals surface area contributed by atoms with Gasteiger partial charge < -0.3 is 15.2 Å². The number of aromatic amines is 1. The molecule has 0 radical (unpaired) electrons. The highest BCUT2D eigenvalue weighted by Gasteiger charge is 2.35. The molecule has 1 aliphatic heterocycles. The van der Waals surface area contributed by atoms with E-state index in [0.29, 0.717) is 18.1 Å². The summed E-state index contributed by atoms with van der Waals surface area (Å²) in [4.78, 5) is 0. The van der Waals surface area contributed by atoms with Gasteiger partial charge in [0, 0.05) is 11.3 Å². The molecule has 0 saturated carbocycles. The fourth-order valence-corrected chi connectivity index (χ4v) is 4.21. The Morgan fingerprint density at radius 1 is 1.23 bits per heavy atom. The number of fused-ring (bicyclic) bond motifs is 1. The quantitative estimate of drug-likeness (QED) is 0.572. The van der Waals surface area contributed by atoms with E-state index in [-0.39, 0.29) is 11.8 Å². The molecule has 0 aliphatic carbocycles. The number of para-hydroxylation sites is 1. The van der Waals surface area contributed by atoms with E-state index < -0.39 is 0 Å². The molecule has 1 aromatic heterocycles. The van der Waals surface area contributed by atoms with Gasteiger partial charge in [0.2, 0.25) is 11.8 Å². The minimum atomic E-state index is -0.347. The van der Waals surface area contributed by atoms with Crippen LogP contribution in [0.25, 0.3) is 0 Å². The van der Waals surface area contributed by atoms with Crippen molar-refractivity contribution in [3.8, 4) is 17.7 Å². The Bertz CT molecular complexity index is 1210. The maximum atomic E-state index is 9.82. The largest absolute Gasteiger partial charge is 0.488 e. The molecule has 2 aromatic carbocycles. The van der Waals surface area contributed by atoms with Gasteiger partial charge in [-0.3, -0.25) is 5.10 Å². The van der Waals surface area contributed by atoms with Crippen molar-refractivity contribution in [1.29, 1.82) is 5.26 Å². The van der Waals surface area contributed by atoms with E-state index in [2.05, 4.69) is 51.3 Å². The maximum absolute atomic E-state index is 9.82. The van der Waals surface area contributed by atoms with Gasteiger partial charge in [0.25, 0.3) is 0 Å². The topological polar surface area (TPSA) is 97.0 Å². The van der Waals surface area contributed by atoms with Crippen molar-refractivity contribution >= 4 is 15.9 Å². The van der Waals surface area contributed by atoms with E-state index in [1.807, 2.05) is 38.1 Å². The molecule has 0 saturated heterocycles. The number of hydrogen-bond donors (Lipinski definition) is 2. The normalized spacial score (nSPS) is 15.4. The molecule has 1 atom stereocenters. The highest BCUT2D eigenvalue weighted by Crippen LogP contribution is 2.44. The molecule has 3 N–H and O–H groups in total. The summed E-state index contributed by atoms with van der Waals surface area (Å²) in [5, 5.41) is 17.0. The number of nitrogens with two attached hydrogens (primary N) is 1. The van der Waals surface area contributed by atoms with Crippen molar-refractivity contribution in [3.05, 3.63) is 85.8 Å². The molecule has 4 rings (SSSR count). The van der Waals surface area contributed by atoms with Gasteiger partial charge in [-0.15, -0.1) is 5.10 Å². The molecular weight excluding hydrogens is 444 g/mol. The SMILES string of the molecule is Cc1cc(C)c([C@@H]2C(C#N)=C(N)Oc3n[nH]c(C)c32)cc1COc1ccccc1Br. The third-order valence-electron chi connectivity index (χ3n) is 5.38. The van der Waals surface area contributed by atoms with Crippen molar-refractivity contribution < 1.29 is 9.47 Å². The van der Waals surface area contributed by atoms with Crippen LogP contribution in [0.15, 0.2) is 52.3 Å². The summed E-state index contributed by atoms with van der Waals surface area (Å²) in [5.74, 6) is 0.938. The number of nitrogens with one attached hydrogen (secondary N) is 1. The average molecular weight is 465 g/mol. The lowest BCUT2D eigenvalue weighted by Gasteiger charge is -2.26. The number of hydrogen-bond acceptors (Lipinski definition) is 5. The van der Waals surface area contributed by atoms with Crippen LogP contribution in [0.5, 0.6) is 11.6 Å². The summed E-state index contributed by atoms with van der Waals surface area (Å²) >= 11 is 3.52. The lowest BCUT2D eigenvalue weighted by molar-refractivity contribution is 0.303. The Hall–Kier alpha value is -3.24. The maximum Gasteiger partial charge on any atom is 0.244 e. The van der Waals surface area contributed by atoms with E-state index in [1.165, 1.54) is 0 Å². The predicted molar refractivity (Wildman–Crippen MR) is 117 cm³/mol. The number of nitrogens with zero attached hydrogens (tertiary/aromatic N) is 2. The number of aromatic nitrogens is 2. The Labute approximate surface area is 183 Å². The van der Waals surface area contributed by atoms with Crippen molar-refractivity contribution in [2.45, 2.75) is 33.3 Å². The third-order valence-corrected chi connectivity index (χ3v) is 6.04. The zero-order valence-electron chi connectivity index (χ0n) is 16.9. The number of nitriles is 1. The van der Waals surface area contributed by atoms with E-state index in [9.17, 15) is 5.26 Å². The van der Waals surface area contributed by atoms with Gasteiger partial charge in [0.1, 0.15) is 24.0 Å². The van der Waals surface area contributed by atoms with Gasteiger partial charge in [-0.25, -0.2) is 0 Å².